The minimum absolute atomic E-state index is 0.141. The maximum absolute atomic E-state index is 13.4. The van der Waals surface area contributed by atoms with Gasteiger partial charge < -0.3 is 14.8 Å². The molecule has 0 spiro atoms. The minimum atomic E-state index is -3.63. The first-order valence-corrected chi connectivity index (χ1v) is 11.6. The van der Waals surface area contributed by atoms with Crippen LogP contribution >= 0.6 is 0 Å². The Hall–Kier alpha value is -2.26. The van der Waals surface area contributed by atoms with Crippen molar-refractivity contribution in [3.63, 3.8) is 0 Å². The summed E-state index contributed by atoms with van der Waals surface area (Å²) < 4.78 is 38.1. The number of benzene rings is 2. The average molecular weight is 431 g/mol. The van der Waals surface area contributed by atoms with Crippen LogP contribution in [0.4, 0.5) is 5.69 Å². The fourth-order valence-electron chi connectivity index (χ4n) is 4.04. The second-order valence-electron chi connectivity index (χ2n) is 7.56. The van der Waals surface area contributed by atoms with Crippen LogP contribution in [0.25, 0.3) is 0 Å². The number of hydrogen-bond acceptors (Lipinski definition) is 5. The zero-order valence-corrected chi connectivity index (χ0v) is 17.6. The molecule has 2 aliphatic heterocycles. The van der Waals surface area contributed by atoms with E-state index in [-0.39, 0.29) is 10.8 Å². The van der Waals surface area contributed by atoms with E-state index in [1.807, 2.05) is 30.3 Å². The van der Waals surface area contributed by atoms with E-state index in [9.17, 15) is 13.2 Å². The van der Waals surface area contributed by atoms with E-state index in [1.165, 1.54) is 10.4 Å². The highest BCUT2D eigenvalue weighted by Gasteiger charge is 2.41. The van der Waals surface area contributed by atoms with Gasteiger partial charge in [-0.2, -0.15) is 4.31 Å². The molecule has 4 rings (SSSR count). The molecule has 2 aliphatic rings. The van der Waals surface area contributed by atoms with Crippen LogP contribution in [0.2, 0.25) is 0 Å². The lowest BCUT2D eigenvalue weighted by atomic mass is 9.73. The van der Waals surface area contributed by atoms with Gasteiger partial charge in [-0.15, -0.1) is 0 Å². The normalized spacial score (nSPS) is 19.9. The van der Waals surface area contributed by atoms with Gasteiger partial charge in [0, 0.05) is 32.0 Å². The van der Waals surface area contributed by atoms with Gasteiger partial charge >= 0.3 is 0 Å². The predicted octanol–water partition coefficient (Wildman–Crippen LogP) is 2.39. The zero-order chi connectivity index (χ0) is 21.0. The summed E-state index contributed by atoms with van der Waals surface area (Å²) in [7, 11) is -3.63. The number of hydrogen-bond donors (Lipinski definition) is 1. The number of ether oxygens (including phenoxy) is 2. The summed E-state index contributed by atoms with van der Waals surface area (Å²) >= 11 is 0. The van der Waals surface area contributed by atoms with Crippen LogP contribution in [0.15, 0.2) is 59.5 Å². The maximum Gasteiger partial charge on any atom is 0.243 e. The molecule has 2 fully saturated rings. The summed E-state index contributed by atoms with van der Waals surface area (Å²) in [6.45, 7) is 2.45. The van der Waals surface area contributed by atoms with Crippen LogP contribution in [0, 0.1) is 0 Å². The van der Waals surface area contributed by atoms with Crippen LogP contribution in [0.3, 0.4) is 0 Å². The lowest BCUT2D eigenvalue weighted by molar-refractivity contribution is -0.125. The molecule has 0 radical (unpaired) electrons. The fraction of sp³-hybridized carbons (Fsp3) is 0.409. The SMILES string of the molecule is O=C(Nc1cccc(S(=O)(=O)N2CCOCC2)c1)C1(c2ccccc2)CCOCC1. The topological polar surface area (TPSA) is 84.9 Å². The third-order valence-electron chi connectivity index (χ3n) is 5.81. The standard InChI is InChI=1S/C22H26N2O5S/c25-21(22(9-13-28-14-10-22)18-5-2-1-3-6-18)23-19-7-4-8-20(17-19)30(26,27)24-11-15-29-16-12-24/h1-8,17H,9-16H2,(H,23,25). The van der Waals surface area contributed by atoms with E-state index in [1.54, 1.807) is 18.2 Å². The highest BCUT2D eigenvalue weighted by atomic mass is 32.2. The second kappa shape index (κ2) is 8.85. The molecule has 2 aromatic rings. The van der Waals surface area contributed by atoms with Gasteiger partial charge in [0.2, 0.25) is 15.9 Å². The number of morpholine rings is 1. The van der Waals surface area contributed by atoms with Crippen molar-refractivity contribution in [2.24, 2.45) is 0 Å². The third kappa shape index (κ3) is 4.13. The van der Waals surface area contributed by atoms with Gasteiger partial charge in [0.1, 0.15) is 0 Å². The molecule has 30 heavy (non-hydrogen) atoms. The Morgan fingerprint density at radius 2 is 1.57 bits per heavy atom. The molecule has 1 amide bonds. The summed E-state index contributed by atoms with van der Waals surface area (Å²) in [5, 5.41) is 2.96. The predicted molar refractivity (Wildman–Crippen MR) is 113 cm³/mol. The summed E-state index contributed by atoms with van der Waals surface area (Å²) in [4.78, 5) is 13.6. The van der Waals surface area contributed by atoms with Gasteiger partial charge in [0.25, 0.3) is 0 Å². The Kier molecular flexibility index (Phi) is 6.19. The molecule has 0 aromatic heterocycles. The van der Waals surface area contributed by atoms with Gasteiger partial charge in [0.05, 0.1) is 23.5 Å². The highest BCUT2D eigenvalue weighted by molar-refractivity contribution is 7.89. The molecule has 7 nitrogen and oxygen atoms in total. The molecule has 2 heterocycles. The van der Waals surface area contributed by atoms with Crippen LogP contribution < -0.4 is 5.32 Å². The Bertz CT molecular complexity index is 982. The van der Waals surface area contributed by atoms with Crippen molar-refractivity contribution in [3.05, 3.63) is 60.2 Å². The van der Waals surface area contributed by atoms with Crippen molar-refractivity contribution in [1.29, 1.82) is 0 Å². The largest absolute Gasteiger partial charge is 0.381 e. The summed E-state index contributed by atoms with van der Waals surface area (Å²) in [5.41, 5.74) is 0.720. The first-order chi connectivity index (χ1) is 14.5. The molecule has 0 aliphatic carbocycles. The van der Waals surface area contributed by atoms with Crippen molar-refractivity contribution in [2.75, 3.05) is 44.8 Å². The molecule has 160 valence electrons. The Balaban J connectivity index is 1.59. The lowest BCUT2D eigenvalue weighted by Gasteiger charge is -2.36. The Labute approximate surface area is 177 Å². The first kappa shape index (κ1) is 21.0. The molecule has 1 N–H and O–H groups in total. The summed E-state index contributed by atoms with van der Waals surface area (Å²) in [6.07, 6.45) is 1.16. The number of carbonyl (C=O) groups excluding carboxylic acids is 1. The third-order valence-corrected chi connectivity index (χ3v) is 7.70. The van der Waals surface area contributed by atoms with Gasteiger partial charge in [-0.3, -0.25) is 4.79 Å². The summed E-state index contributed by atoms with van der Waals surface area (Å²) in [6, 6.07) is 16.2. The number of sulfonamides is 1. The number of nitrogens with zero attached hydrogens (tertiary/aromatic N) is 1. The van der Waals surface area contributed by atoms with Gasteiger partial charge in [-0.1, -0.05) is 36.4 Å². The maximum atomic E-state index is 13.4. The quantitative estimate of drug-likeness (QED) is 0.787. The first-order valence-electron chi connectivity index (χ1n) is 10.2. The smallest absolute Gasteiger partial charge is 0.243 e. The number of rotatable bonds is 5. The van der Waals surface area contributed by atoms with Crippen molar-refractivity contribution in [3.8, 4) is 0 Å². The lowest BCUT2D eigenvalue weighted by Crippen LogP contribution is -2.44. The van der Waals surface area contributed by atoms with Crippen LogP contribution in [-0.2, 0) is 29.7 Å². The van der Waals surface area contributed by atoms with E-state index in [0.29, 0.717) is 58.0 Å². The van der Waals surface area contributed by atoms with Crippen molar-refractivity contribution in [1.82, 2.24) is 4.31 Å². The number of anilines is 1. The van der Waals surface area contributed by atoms with E-state index < -0.39 is 15.4 Å². The Morgan fingerprint density at radius 3 is 2.27 bits per heavy atom. The zero-order valence-electron chi connectivity index (χ0n) is 16.7. The van der Waals surface area contributed by atoms with Gasteiger partial charge in [-0.25, -0.2) is 8.42 Å². The molecule has 2 saturated heterocycles. The van der Waals surface area contributed by atoms with Crippen molar-refractivity contribution < 1.29 is 22.7 Å². The summed E-state index contributed by atoms with van der Waals surface area (Å²) in [5.74, 6) is -0.141. The van der Waals surface area contributed by atoms with Crippen LogP contribution in [-0.4, -0.2) is 58.1 Å². The molecule has 0 atom stereocenters. The van der Waals surface area contributed by atoms with Crippen LogP contribution in [0.1, 0.15) is 18.4 Å². The van der Waals surface area contributed by atoms with E-state index in [4.69, 9.17) is 9.47 Å². The molecule has 2 aromatic carbocycles. The number of amides is 1. The average Bonchev–Trinajstić information content (AvgIpc) is 2.81. The second-order valence-corrected chi connectivity index (χ2v) is 9.50. The molecule has 0 unspecified atom stereocenters. The number of nitrogens with one attached hydrogen (secondary N) is 1. The van der Waals surface area contributed by atoms with E-state index in [0.717, 1.165) is 5.56 Å². The van der Waals surface area contributed by atoms with Gasteiger partial charge in [-0.05, 0) is 36.6 Å². The van der Waals surface area contributed by atoms with E-state index in [2.05, 4.69) is 5.32 Å². The van der Waals surface area contributed by atoms with Crippen LogP contribution in [0.5, 0.6) is 0 Å². The Morgan fingerprint density at radius 1 is 0.900 bits per heavy atom. The molecular weight excluding hydrogens is 404 g/mol. The molecule has 8 heteroatoms. The monoisotopic (exact) mass is 430 g/mol. The minimum Gasteiger partial charge on any atom is -0.381 e. The molecular formula is C22H26N2O5S. The highest BCUT2D eigenvalue weighted by Crippen LogP contribution is 2.36. The molecule has 0 bridgehead atoms. The van der Waals surface area contributed by atoms with Crippen molar-refractivity contribution in [2.45, 2.75) is 23.2 Å². The van der Waals surface area contributed by atoms with Gasteiger partial charge in [0.15, 0.2) is 0 Å². The fourth-order valence-corrected chi connectivity index (χ4v) is 5.50. The number of carbonyl (C=O) groups is 1. The van der Waals surface area contributed by atoms with Crippen molar-refractivity contribution >= 4 is 21.6 Å². The van der Waals surface area contributed by atoms with E-state index >= 15 is 0 Å². The molecule has 0 saturated carbocycles.